The lowest BCUT2D eigenvalue weighted by Crippen LogP contribution is -2.18. The topological polar surface area (TPSA) is 44.3 Å². The van der Waals surface area contributed by atoms with E-state index >= 15 is 0 Å². The van der Waals surface area contributed by atoms with Gasteiger partial charge in [-0.25, -0.2) is 9.97 Å². The van der Waals surface area contributed by atoms with Crippen LogP contribution in [0.15, 0.2) is 30.3 Å². The van der Waals surface area contributed by atoms with Crippen molar-refractivity contribution in [3.8, 4) is 0 Å². The van der Waals surface area contributed by atoms with E-state index in [0.29, 0.717) is 0 Å². The Kier molecular flexibility index (Phi) is 4.76. The highest BCUT2D eigenvalue weighted by molar-refractivity contribution is 5.68. The van der Waals surface area contributed by atoms with Crippen molar-refractivity contribution in [3.05, 3.63) is 41.7 Å². The molecule has 5 heteroatoms. The van der Waals surface area contributed by atoms with E-state index in [-0.39, 0.29) is 0 Å². The first kappa shape index (κ1) is 15.7. The summed E-state index contributed by atoms with van der Waals surface area (Å²) in [6, 6.07) is 10.6. The smallest absolute Gasteiger partial charge is 0.138 e. The van der Waals surface area contributed by atoms with Crippen LogP contribution in [0.25, 0.3) is 0 Å². The van der Waals surface area contributed by atoms with Crippen molar-refractivity contribution < 1.29 is 0 Å². The van der Waals surface area contributed by atoms with Crippen LogP contribution in [-0.2, 0) is 6.42 Å². The van der Waals surface area contributed by atoms with E-state index in [1.54, 1.807) is 0 Å². The quantitative estimate of drug-likeness (QED) is 0.831. The molecule has 0 saturated heterocycles. The summed E-state index contributed by atoms with van der Waals surface area (Å²) in [7, 11) is 4.19. The maximum absolute atomic E-state index is 4.64. The van der Waals surface area contributed by atoms with E-state index in [1.807, 2.05) is 6.92 Å². The highest BCUT2D eigenvalue weighted by Gasteiger charge is 2.21. The molecule has 1 aromatic heterocycles. The van der Waals surface area contributed by atoms with Crippen LogP contribution in [0.3, 0.4) is 0 Å². The van der Waals surface area contributed by atoms with Gasteiger partial charge in [0, 0.05) is 24.8 Å². The Bertz CT molecular complexity index is 668. The zero-order valence-electron chi connectivity index (χ0n) is 14.2. The van der Waals surface area contributed by atoms with Crippen molar-refractivity contribution in [3.63, 3.8) is 0 Å². The first-order valence-electron chi connectivity index (χ1n) is 8.23. The minimum absolute atomic E-state index is 0.807. The molecule has 0 atom stereocenters. The second-order valence-electron chi connectivity index (χ2n) is 6.27. The van der Waals surface area contributed by atoms with Crippen molar-refractivity contribution >= 4 is 17.3 Å². The molecule has 0 bridgehead atoms. The Balaban J connectivity index is 1.74. The van der Waals surface area contributed by atoms with Gasteiger partial charge < -0.3 is 15.1 Å². The van der Waals surface area contributed by atoms with Gasteiger partial charge in [-0.3, -0.25) is 0 Å². The van der Waals surface area contributed by atoms with Crippen LogP contribution >= 0.6 is 0 Å². The minimum atomic E-state index is 0.807. The summed E-state index contributed by atoms with van der Waals surface area (Å²) in [5, 5.41) is 3.42. The number of fused-ring (bicyclic) bond motifs is 1. The molecule has 3 rings (SSSR count). The number of nitrogens with zero attached hydrogens (tertiary/aromatic N) is 4. The Morgan fingerprint density at radius 1 is 1.22 bits per heavy atom. The van der Waals surface area contributed by atoms with E-state index < -0.39 is 0 Å². The van der Waals surface area contributed by atoms with Gasteiger partial charge in [-0.15, -0.1) is 0 Å². The highest BCUT2D eigenvalue weighted by atomic mass is 15.2. The molecule has 2 heterocycles. The van der Waals surface area contributed by atoms with Gasteiger partial charge in [0.1, 0.15) is 17.5 Å². The molecular weight excluding hydrogens is 286 g/mol. The second-order valence-corrected chi connectivity index (χ2v) is 6.27. The SMILES string of the molecule is Cc1nc(NCCCN(C)C)cc(N2CCc3ccccc32)n1. The van der Waals surface area contributed by atoms with Crippen LogP contribution in [0.5, 0.6) is 0 Å². The van der Waals surface area contributed by atoms with E-state index in [4.69, 9.17) is 0 Å². The molecule has 0 radical (unpaired) electrons. The lowest BCUT2D eigenvalue weighted by molar-refractivity contribution is 0.405. The van der Waals surface area contributed by atoms with E-state index in [1.165, 1.54) is 11.3 Å². The number of hydrogen-bond acceptors (Lipinski definition) is 5. The molecular formula is C18H25N5. The highest BCUT2D eigenvalue weighted by Crippen LogP contribution is 2.33. The van der Waals surface area contributed by atoms with Crippen LogP contribution in [0.2, 0.25) is 0 Å². The Labute approximate surface area is 138 Å². The normalized spacial score (nSPS) is 13.5. The minimum Gasteiger partial charge on any atom is -0.370 e. The molecule has 0 fully saturated rings. The van der Waals surface area contributed by atoms with E-state index in [0.717, 1.165) is 49.9 Å². The fraction of sp³-hybridized carbons (Fsp3) is 0.444. The van der Waals surface area contributed by atoms with Gasteiger partial charge in [-0.05, 0) is 52.0 Å². The summed E-state index contributed by atoms with van der Waals surface area (Å²) in [5.74, 6) is 2.70. The predicted octanol–water partition coefficient (Wildman–Crippen LogP) is 2.84. The van der Waals surface area contributed by atoms with Crippen molar-refractivity contribution in [2.45, 2.75) is 19.8 Å². The van der Waals surface area contributed by atoms with Crippen LogP contribution < -0.4 is 10.2 Å². The van der Waals surface area contributed by atoms with Crippen LogP contribution in [-0.4, -0.2) is 48.6 Å². The maximum Gasteiger partial charge on any atom is 0.138 e. The molecule has 1 aliphatic rings. The number of nitrogens with one attached hydrogen (secondary N) is 1. The predicted molar refractivity (Wildman–Crippen MR) is 95.6 cm³/mol. The Morgan fingerprint density at radius 2 is 2.04 bits per heavy atom. The zero-order valence-corrected chi connectivity index (χ0v) is 14.2. The van der Waals surface area contributed by atoms with Crippen molar-refractivity contribution in [2.75, 3.05) is 43.9 Å². The van der Waals surface area contributed by atoms with E-state index in [9.17, 15) is 0 Å². The first-order chi connectivity index (χ1) is 11.1. The van der Waals surface area contributed by atoms with Crippen molar-refractivity contribution in [1.82, 2.24) is 14.9 Å². The molecule has 1 aliphatic heterocycles. The van der Waals surface area contributed by atoms with Gasteiger partial charge in [0.25, 0.3) is 0 Å². The summed E-state index contributed by atoms with van der Waals surface area (Å²) in [6.07, 6.45) is 2.17. The van der Waals surface area contributed by atoms with Crippen LogP contribution in [0.4, 0.5) is 17.3 Å². The Hall–Kier alpha value is -2.14. The van der Waals surface area contributed by atoms with Gasteiger partial charge in [-0.1, -0.05) is 18.2 Å². The van der Waals surface area contributed by atoms with E-state index in [2.05, 4.69) is 69.5 Å². The Morgan fingerprint density at radius 3 is 2.87 bits per heavy atom. The third-order valence-corrected chi connectivity index (χ3v) is 4.08. The molecule has 5 nitrogen and oxygen atoms in total. The number of hydrogen-bond donors (Lipinski definition) is 1. The fourth-order valence-corrected chi connectivity index (χ4v) is 2.97. The molecule has 122 valence electrons. The third kappa shape index (κ3) is 3.79. The molecule has 0 spiro atoms. The molecule has 1 N–H and O–H groups in total. The van der Waals surface area contributed by atoms with Crippen LogP contribution in [0, 0.1) is 6.92 Å². The number of aromatic nitrogens is 2. The average Bonchev–Trinajstić information content (AvgIpc) is 2.95. The number of rotatable bonds is 6. The summed E-state index contributed by atoms with van der Waals surface area (Å²) in [5.41, 5.74) is 2.66. The molecule has 1 aromatic carbocycles. The molecule has 0 unspecified atom stereocenters. The lowest BCUT2D eigenvalue weighted by Gasteiger charge is -2.19. The van der Waals surface area contributed by atoms with Gasteiger partial charge in [0.2, 0.25) is 0 Å². The van der Waals surface area contributed by atoms with Crippen LogP contribution in [0.1, 0.15) is 17.8 Å². The standard InChI is InChI=1S/C18H25N5/c1-14-20-17(19-10-6-11-22(2)3)13-18(21-14)23-12-9-15-7-4-5-8-16(15)23/h4-5,7-8,13H,6,9-12H2,1-3H3,(H,19,20,21). The third-order valence-electron chi connectivity index (χ3n) is 4.08. The first-order valence-corrected chi connectivity index (χ1v) is 8.23. The molecule has 0 amide bonds. The summed E-state index contributed by atoms with van der Waals surface area (Å²) < 4.78 is 0. The number of para-hydroxylation sites is 1. The number of benzene rings is 1. The van der Waals surface area contributed by atoms with Crippen molar-refractivity contribution in [2.24, 2.45) is 0 Å². The molecule has 23 heavy (non-hydrogen) atoms. The largest absolute Gasteiger partial charge is 0.370 e. The maximum atomic E-state index is 4.64. The van der Waals surface area contributed by atoms with Gasteiger partial charge in [0.05, 0.1) is 0 Å². The average molecular weight is 311 g/mol. The lowest BCUT2D eigenvalue weighted by atomic mass is 10.2. The fourth-order valence-electron chi connectivity index (χ4n) is 2.97. The molecule has 2 aromatic rings. The number of anilines is 3. The van der Waals surface area contributed by atoms with Gasteiger partial charge in [0.15, 0.2) is 0 Å². The van der Waals surface area contributed by atoms with Gasteiger partial charge in [-0.2, -0.15) is 0 Å². The summed E-state index contributed by atoms with van der Waals surface area (Å²) in [6.45, 7) is 4.93. The zero-order chi connectivity index (χ0) is 16.2. The summed E-state index contributed by atoms with van der Waals surface area (Å²) >= 11 is 0. The molecule has 0 saturated carbocycles. The monoisotopic (exact) mass is 311 g/mol. The van der Waals surface area contributed by atoms with Gasteiger partial charge >= 0.3 is 0 Å². The second kappa shape index (κ2) is 6.96. The summed E-state index contributed by atoms with van der Waals surface area (Å²) in [4.78, 5) is 13.6. The molecule has 0 aliphatic carbocycles. The number of aryl methyl sites for hydroxylation is 1. The van der Waals surface area contributed by atoms with Crippen molar-refractivity contribution in [1.29, 1.82) is 0 Å².